The summed E-state index contributed by atoms with van der Waals surface area (Å²) in [5.74, 6) is 1.15. The molecule has 4 aromatic rings. The minimum atomic E-state index is 0.514. The Balaban J connectivity index is 1.65. The van der Waals surface area contributed by atoms with E-state index in [1.165, 1.54) is 0 Å². The van der Waals surface area contributed by atoms with Crippen molar-refractivity contribution >= 4 is 22.9 Å². The SMILES string of the molecule is c1ccc(-c2ccnc(Nc3nc4ccccc4[nH]3)n2)cc1. The summed E-state index contributed by atoms with van der Waals surface area (Å²) in [6.45, 7) is 0. The highest BCUT2D eigenvalue weighted by Crippen LogP contribution is 2.19. The fourth-order valence-electron chi connectivity index (χ4n) is 2.31. The minimum Gasteiger partial charge on any atom is -0.324 e. The summed E-state index contributed by atoms with van der Waals surface area (Å²) in [5.41, 5.74) is 3.81. The number of para-hydroxylation sites is 2. The highest BCUT2D eigenvalue weighted by molar-refractivity contribution is 5.77. The Morgan fingerprint density at radius 3 is 2.50 bits per heavy atom. The van der Waals surface area contributed by atoms with E-state index in [9.17, 15) is 0 Å². The van der Waals surface area contributed by atoms with E-state index in [1.807, 2.05) is 60.7 Å². The van der Waals surface area contributed by atoms with Crippen LogP contribution in [-0.4, -0.2) is 19.9 Å². The van der Waals surface area contributed by atoms with Crippen LogP contribution < -0.4 is 5.32 Å². The van der Waals surface area contributed by atoms with Crippen molar-refractivity contribution in [3.8, 4) is 11.3 Å². The van der Waals surface area contributed by atoms with Gasteiger partial charge in [0.25, 0.3) is 0 Å². The predicted molar refractivity (Wildman–Crippen MR) is 86.8 cm³/mol. The molecule has 0 unspecified atom stereocenters. The quantitative estimate of drug-likeness (QED) is 0.602. The Labute approximate surface area is 127 Å². The lowest BCUT2D eigenvalue weighted by Crippen LogP contribution is -1.99. The van der Waals surface area contributed by atoms with Crippen LogP contribution in [0, 0.1) is 0 Å². The van der Waals surface area contributed by atoms with Gasteiger partial charge in [-0.3, -0.25) is 5.32 Å². The van der Waals surface area contributed by atoms with E-state index in [1.54, 1.807) is 6.20 Å². The molecule has 2 aromatic heterocycles. The number of nitrogens with one attached hydrogen (secondary N) is 2. The van der Waals surface area contributed by atoms with E-state index >= 15 is 0 Å². The van der Waals surface area contributed by atoms with Crippen molar-refractivity contribution < 1.29 is 0 Å². The van der Waals surface area contributed by atoms with Crippen molar-refractivity contribution in [3.63, 3.8) is 0 Å². The van der Waals surface area contributed by atoms with Crippen molar-refractivity contribution in [2.45, 2.75) is 0 Å². The largest absolute Gasteiger partial charge is 0.324 e. The Morgan fingerprint density at radius 2 is 1.64 bits per heavy atom. The summed E-state index contributed by atoms with van der Waals surface area (Å²) in [6, 6.07) is 19.8. The highest BCUT2D eigenvalue weighted by atomic mass is 15.2. The summed E-state index contributed by atoms with van der Waals surface area (Å²) < 4.78 is 0. The molecule has 5 nitrogen and oxygen atoms in total. The second kappa shape index (κ2) is 5.29. The summed E-state index contributed by atoms with van der Waals surface area (Å²) in [6.07, 6.45) is 1.74. The average molecular weight is 287 g/mol. The van der Waals surface area contributed by atoms with E-state index < -0.39 is 0 Å². The minimum absolute atomic E-state index is 0.514. The molecule has 0 fully saturated rings. The Morgan fingerprint density at radius 1 is 0.818 bits per heavy atom. The molecule has 0 aliphatic heterocycles. The number of anilines is 2. The first kappa shape index (κ1) is 12.5. The molecule has 0 saturated heterocycles. The molecule has 0 radical (unpaired) electrons. The van der Waals surface area contributed by atoms with Gasteiger partial charge < -0.3 is 4.98 Å². The van der Waals surface area contributed by atoms with Gasteiger partial charge in [0.15, 0.2) is 0 Å². The molecular weight excluding hydrogens is 274 g/mol. The summed E-state index contributed by atoms with van der Waals surface area (Å²) in [5, 5.41) is 3.11. The van der Waals surface area contributed by atoms with Crippen LogP contribution in [0.15, 0.2) is 66.9 Å². The topological polar surface area (TPSA) is 66.5 Å². The van der Waals surface area contributed by atoms with E-state index in [0.29, 0.717) is 11.9 Å². The van der Waals surface area contributed by atoms with Crippen LogP contribution in [0.2, 0.25) is 0 Å². The monoisotopic (exact) mass is 287 g/mol. The normalized spacial score (nSPS) is 10.7. The standard InChI is InChI=1S/C17H13N5/c1-2-6-12(7-3-1)13-10-11-18-16(19-13)22-17-20-14-8-4-5-9-15(14)21-17/h1-11H,(H2,18,19,20,21,22). The third kappa shape index (κ3) is 2.40. The fourth-order valence-corrected chi connectivity index (χ4v) is 2.31. The molecule has 0 aliphatic rings. The molecule has 0 amide bonds. The van der Waals surface area contributed by atoms with Crippen molar-refractivity contribution in [3.05, 3.63) is 66.9 Å². The average Bonchev–Trinajstić information content (AvgIpc) is 2.98. The fraction of sp³-hybridized carbons (Fsp3) is 0. The Hall–Kier alpha value is -3.21. The highest BCUT2D eigenvalue weighted by Gasteiger charge is 2.05. The molecule has 2 heterocycles. The zero-order valence-electron chi connectivity index (χ0n) is 11.7. The van der Waals surface area contributed by atoms with E-state index in [2.05, 4.69) is 25.3 Å². The van der Waals surface area contributed by atoms with Crippen molar-refractivity contribution in [1.29, 1.82) is 0 Å². The zero-order chi connectivity index (χ0) is 14.8. The summed E-state index contributed by atoms with van der Waals surface area (Å²) in [7, 11) is 0. The van der Waals surface area contributed by atoms with Gasteiger partial charge in [0.05, 0.1) is 16.7 Å². The maximum absolute atomic E-state index is 4.53. The van der Waals surface area contributed by atoms with Gasteiger partial charge in [0.2, 0.25) is 11.9 Å². The van der Waals surface area contributed by atoms with Gasteiger partial charge in [-0.1, -0.05) is 42.5 Å². The molecule has 0 atom stereocenters. The van der Waals surface area contributed by atoms with E-state index in [4.69, 9.17) is 0 Å². The molecule has 0 aliphatic carbocycles. The molecule has 0 saturated carbocycles. The number of rotatable bonds is 3. The second-order valence-corrected chi connectivity index (χ2v) is 4.86. The Bertz CT molecular complexity index is 881. The first-order chi connectivity index (χ1) is 10.9. The van der Waals surface area contributed by atoms with Gasteiger partial charge in [-0.25, -0.2) is 15.0 Å². The molecular formula is C17H13N5. The van der Waals surface area contributed by atoms with E-state index in [-0.39, 0.29) is 0 Å². The van der Waals surface area contributed by atoms with Crippen LogP contribution >= 0.6 is 0 Å². The number of fused-ring (bicyclic) bond motifs is 1. The zero-order valence-corrected chi connectivity index (χ0v) is 11.7. The van der Waals surface area contributed by atoms with Crippen LogP contribution in [0.25, 0.3) is 22.3 Å². The maximum Gasteiger partial charge on any atom is 0.230 e. The molecule has 106 valence electrons. The molecule has 5 heteroatoms. The number of imidazole rings is 1. The van der Waals surface area contributed by atoms with Crippen molar-refractivity contribution in [2.75, 3.05) is 5.32 Å². The summed E-state index contributed by atoms with van der Waals surface area (Å²) in [4.78, 5) is 16.4. The third-order valence-corrected chi connectivity index (χ3v) is 3.34. The Kier molecular flexibility index (Phi) is 3.01. The van der Waals surface area contributed by atoms with Gasteiger partial charge >= 0.3 is 0 Å². The maximum atomic E-state index is 4.53. The number of aromatic nitrogens is 4. The van der Waals surface area contributed by atoms with Crippen molar-refractivity contribution in [2.24, 2.45) is 0 Å². The van der Waals surface area contributed by atoms with Gasteiger partial charge in [-0.05, 0) is 18.2 Å². The molecule has 0 bridgehead atoms. The van der Waals surface area contributed by atoms with Gasteiger partial charge in [-0.15, -0.1) is 0 Å². The smallest absolute Gasteiger partial charge is 0.230 e. The number of H-pyrrole nitrogens is 1. The predicted octanol–water partition coefficient (Wildman–Crippen LogP) is 3.76. The molecule has 22 heavy (non-hydrogen) atoms. The molecule has 0 spiro atoms. The van der Waals surface area contributed by atoms with Crippen LogP contribution in [-0.2, 0) is 0 Å². The third-order valence-electron chi connectivity index (χ3n) is 3.34. The number of hydrogen-bond donors (Lipinski definition) is 2. The number of benzene rings is 2. The van der Waals surface area contributed by atoms with Crippen LogP contribution in [0.4, 0.5) is 11.9 Å². The molecule has 2 N–H and O–H groups in total. The lowest BCUT2D eigenvalue weighted by molar-refractivity contribution is 1.14. The molecule has 4 rings (SSSR count). The van der Waals surface area contributed by atoms with Crippen LogP contribution in [0.5, 0.6) is 0 Å². The van der Waals surface area contributed by atoms with Crippen LogP contribution in [0.3, 0.4) is 0 Å². The van der Waals surface area contributed by atoms with Gasteiger partial charge in [0, 0.05) is 11.8 Å². The first-order valence-corrected chi connectivity index (χ1v) is 6.99. The van der Waals surface area contributed by atoms with E-state index in [0.717, 1.165) is 22.3 Å². The molecule has 2 aromatic carbocycles. The number of nitrogens with zero attached hydrogens (tertiary/aromatic N) is 3. The van der Waals surface area contributed by atoms with Gasteiger partial charge in [-0.2, -0.15) is 0 Å². The van der Waals surface area contributed by atoms with Gasteiger partial charge in [0.1, 0.15) is 0 Å². The second-order valence-electron chi connectivity index (χ2n) is 4.86. The first-order valence-electron chi connectivity index (χ1n) is 6.99. The van der Waals surface area contributed by atoms with Crippen molar-refractivity contribution in [1.82, 2.24) is 19.9 Å². The lowest BCUT2D eigenvalue weighted by atomic mass is 10.1. The summed E-state index contributed by atoms with van der Waals surface area (Å²) >= 11 is 0. The number of aromatic amines is 1. The number of hydrogen-bond acceptors (Lipinski definition) is 4. The van der Waals surface area contributed by atoms with Crippen LogP contribution in [0.1, 0.15) is 0 Å². The lowest BCUT2D eigenvalue weighted by Gasteiger charge is -2.04.